The first-order valence-electron chi connectivity index (χ1n) is 8.52. The Hall–Kier alpha value is -1.88. The Kier molecular flexibility index (Phi) is 5.28. The Labute approximate surface area is 137 Å². The predicted octanol–water partition coefficient (Wildman–Crippen LogP) is 2.68. The van der Waals surface area contributed by atoms with Crippen molar-refractivity contribution >= 4 is 17.5 Å². The fourth-order valence-corrected chi connectivity index (χ4v) is 3.29. The third-order valence-corrected chi connectivity index (χ3v) is 4.65. The Morgan fingerprint density at radius 2 is 1.83 bits per heavy atom. The number of amides is 2. The van der Waals surface area contributed by atoms with Crippen molar-refractivity contribution in [2.75, 3.05) is 31.6 Å². The van der Waals surface area contributed by atoms with Crippen LogP contribution in [0.15, 0.2) is 24.3 Å². The molecule has 0 spiro atoms. The largest absolute Gasteiger partial charge is 0.378 e. The Bertz CT molecular complexity index is 561. The molecule has 5 nitrogen and oxygen atoms in total. The lowest BCUT2D eigenvalue weighted by Crippen LogP contribution is -2.40. The number of benzene rings is 1. The zero-order valence-corrected chi connectivity index (χ0v) is 13.4. The quantitative estimate of drug-likeness (QED) is 0.932. The summed E-state index contributed by atoms with van der Waals surface area (Å²) < 4.78 is 5.28. The van der Waals surface area contributed by atoms with Crippen molar-refractivity contribution in [3.8, 4) is 0 Å². The molecule has 0 radical (unpaired) electrons. The SMILES string of the molecule is O=C(Nc1cccc(C(=O)N2CCOCC2)c1)C1CCCCC1. The lowest BCUT2D eigenvalue weighted by atomic mass is 9.88. The minimum absolute atomic E-state index is 0.00191. The molecule has 1 aliphatic heterocycles. The number of hydrogen-bond donors (Lipinski definition) is 1. The van der Waals surface area contributed by atoms with Crippen LogP contribution < -0.4 is 5.32 Å². The van der Waals surface area contributed by atoms with Crippen molar-refractivity contribution in [1.82, 2.24) is 4.90 Å². The lowest BCUT2D eigenvalue weighted by Gasteiger charge is -2.27. The molecule has 1 saturated heterocycles. The normalized spacial score (nSPS) is 19.4. The summed E-state index contributed by atoms with van der Waals surface area (Å²) in [5, 5.41) is 2.98. The van der Waals surface area contributed by atoms with E-state index in [1.54, 1.807) is 17.0 Å². The van der Waals surface area contributed by atoms with Crippen LogP contribution in [0, 0.1) is 5.92 Å². The van der Waals surface area contributed by atoms with Crippen molar-refractivity contribution in [3.63, 3.8) is 0 Å². The first-order valence-corrected chi connectivity index (χ1v) is 8.52. The molecule has 1 N–H and O–H groups in total. The number of rotatable bonds is 3. The van der Waals surface area contributed by atoms with Gasteiger partial charge in [0.25, 0.3) is 5.91 Å². The average Bonchev–Trinajstić information content (AvgIpc) is 2.63. The molecule has 1 saturated carbocycles. The highest BCUT2D eigenvalue weighted by molar-refractivity contribution is 5.97. The maximum absolute atomic E-state index is 12.5. The first-order chi connectivity index (χ1) is 11.2. The Morgan fingerprint density at radius 1 is 1.09 bits per heavy atom. The van der Waals surface area contributed by atoms with Crippen molar-refractivity contribution in [2.24, 2.45) is 5.92 Å². The Balaban J connectivity index is 1.64. The Morgan fingerprint density at radius 3 is 2.57 bits per heavy atom. The molecule has 23 heavy (non-hydrogen) atoms. The molecule has 2 amide bonds. The van der Waals surface area contributed by atoms with Gasteiger partial charge >= 0.3 is 0 Å². The molecular formula is C18H24N2O3. The van der Waals surface area contributed by atoms with Gasteiger partial charge in [0.05, 0.1) is 13.2 Å². The van der Waals surface area contributed by atoms with E-state index in [1.807, 2.05) is 12.1 Å². The van der Waals surface area contributed by atoms with Crippen LogP contribution in [0.4, 0.5) is 5.69 Å². The molecule has 0 atom stereocenters. The van der Waals surface area contributed by atoms with Crippen LogP contribution in [0.3, 0.4) is 0 Å². The summed E-state index contributed by atoms with van der Waals surface area (Å²) in [6, 6.07) is 7.24. The zero-order chi connectivity index (χ0) is 16.1. The summed E-state index contributed by atoms with van der Waals surface area (Å²) in [7, 11) is 0. The van der Waals surface area contributed by atoms with Crippen molar-refractivity contribution in [3.05, 3.63) is 29.8 Å². The highest BCUT2D eigenvalue weighted by atomic mass is 16.5. The van der Waals surface area contributed by atoms with E-state index in [0.717, 1.165) is 25.7 Å². The standard InChI is InChI=1S/C18H24N2O3/c21-17(14-5-2-1-3-6-14)19-16-8-4-7-15(13-16)18(22)20-9-11-23-12-10-20/h4,7-8,13-14H,1-3,5-6,9-12H2,(H,19,21). The van der Waals surface area contributed by atoms with Crippen LogP contribution in [-0.4, -0.2) is 43.0 Å². The number of nitrogens with zero attached hydrogens (tertiary/aromatic N) is 1. The van der Waals surface area contributed by atoms with E-state index in [2.05, 4.69) is 5.32 Å². The fraction of sp³-hybridized carbons (Fsp3) is 0.556. The molecule has 0 bridgehead atoms. The van der Waals surface area contributed by atoms with E-state index in [4.69, 9.17) is 4.74 Å². The molecular weight excluding hydrogens is 292 g/mol. The number of ether oxygens (including phenoxy) is 1. The van der Waals surface area contributed by atoms with Gasteiger partial charge in [-0.1, -0.05) is 25.3 Å². The molecule has 5 heteroatoms. The highest BCUT2D eigenvalue weighted by Crippen LogP contribution is 2.25. The number of nitrogens with one attached hydrogen (secondary N) is 1. The molecule has 1 heterocycles. The molecule has 1 aromatic carbocycles. The van der Waals surface area contributed by atoms with Gasteiger partial charge in [-0.2, -0.15) is 0 Å². The van der Waals surface area contributed by atoms with Crippen LogP contribution in [0.1, 0.15) is 42.5 Å². The molecule has 0 aromatic heterocycles. The van der Waals surface area contributed by atoms with E-state index in [1.165, 1.54) is 6.42 Å². The van der Waals surface area contributed by atoms with E-state index in [0.29, 0.717) is 37.6 Å². The van der Waals surface area contributed by atoms with Gasteiger partial charge in [0.1, 0.15) is 0 Å². The smallest absolute Gasteiger partial charge is 0.254 e. The predicted molar refractivity (Wildman–Crippen MR) is 88.4 cm³/mol. The van der Waals surface area contributed by atoms with Crippen molar-refractivity contribution in [1.29, 1.82) is 0 Å². The average molecular weight is 316 g/mol. The summed E-state index contributed by atoms with van der Waals surface area (Å²) in [4.78, 5) is 26.6. The molecule has 1 aromatic rings. The van der Waals surface area contributed by atoms with Gasteiger partial charge in [0.2, 0.25) is 5.91 Å². The van der Waals surface area contributed by atoms with Crippen LogP contribution in [0.5, 0.6) is 0 Å². The zero-order valence-electron chi connectivity index (χ0n) is 13.4. The second kappa shape index (κ2) is 7.59. The van der Waals surface area contributed by atoms with E-state index in [9.17, 15) is 9.59 Å². The third-order valence-electron chi connectivity index (χ3n) is 4.65. The van der Waals surface area contributed by atoms with Gasteiger partial charge in [-0.25, -0.2) is 0 Å². The van der Waals surface area contributed by atoms with E-state index in [-0.39, 0.29) is 17.7 Å². The fourth-order valence-electron chi connectivity index (χ4n) is 3.29. The summed E-state index contributed by atoms with van der Waals surface area (Å²) in [5.74, 6) is 0.199. The van der Waals surface area contributed by atoms with Crippen molar-refractivity contribution in [2.45, 2.75) is 32.1 Å². The van der Waals surface area contributed by atoms with Gasteiger partial charge in [0.15, 0.2) is 0 Å². The van der Waals surface area contributed by atoms with E-state index >= 15 is 0 Å². The topological polar surface area (TPSA) is 58.6 Å². The second-order valence-electron chi connectivity index (χ2n) is 6.31. The first kappa shape index (κ1) is 16.0. The maximum atomic E-state index is 12.5. The summed E-state index contributed by atoms with van der Waals surface area (Å²) in [6.07, 6.45) is 5.44. The highest BCUT2D eigenvalue weighted by Gasteiger charge is 2.22. The number of morpholine rings is 1. The summed E-state index contributed by atoms with van der Waals surface area (Å²) >= 11 is 0. The molecule has 2 fully saturated rings. The molecule has 0 unspecified atom stereocenters. The van der Waals surface area contributed by atoms with Gasteiger partial charge < -0.3 is 15.0 Å². The third kappa shape index (κ3) is 4.10. The molecule has 3 rings (SSSR count). The van der Waals surface area contributed by atoms with Gasteiger partial charge in [-0.3, -0.25) is 9.59 Å². The number of hydrogen-bond acceptors (Lipinski definition) is 3. The van der Waals surface area contributed by atoms with Crippen LogP contribution in [-0.2, 0) is 9.53 Å². The van der Waals surface area contributed by atoms with E-state index < -0.39 is 0 Å². The van der Waals surface area contributed by atoms with Crippen LogP contribution >= 0.6 is 0 Å². The van der Waals surface area contributed by atoms with Crippen LogP contribution in [0.25, 0.3) is 0 Å². The molecule has 124 valence electrons. The number of carbonyl (C=O) groups is 2. The van der Waals surface area contributed by atoms with Crippen LogP contribution in [0.2, 0.25) is 0 Å². The molecule has 1 aliphatic carbocycles. The van der Waals surface area contributed by atoms with Gasteiger partial charge in [-0.15, -0.1) is 0 Å². The monoisotopic (exact) mass is 316 g/mol. The number of carbonyl (C=O) groups excluding carboxylic acids is 2. The minimum Gasteiger partial charge on any atom is -0.378 e. The summed E-state index contributed by atoms with van der Waals surface area (Å²) in [6.45, 7) is 2.42. The second-order valence-corrected chi connectivity index (χ2v) is 6.31. The lowest BCUT2D eigenvalue weighted by molar-refractivity contribution is -0.120. The minimum atomic E-state index is 0.00191. The molecule has 2 aliphatic rings. The maximum Gasteiger partial charge on any atom is 0.254 e. The van der Waals surface area contributed by atoms with Crippen molar-refractivity contribution < 1.29 is 14.3 Å². The van der Waals surface area contributed by atoms with Gasteiger partial charge in [0, 0.05) is 30.3 Å². The summed E-state index contributed by atoms with van der Waals surface area (Å²) in [5.41, 5.74) is 1.33. The van der Waals surface area contributed by atoms with Gasteiger partial charge in [-0.05, 0) is 31.0 Å². The number of anilines is 1.